The fraction of sp³-hybridized carbons (Fsp3) is 0.941. The maximum atomic E-state index is 11.8. The first kappa shape index (κ1) is 16.8. The number of carbonyl (C=O) groups excluding carboxylic acids is 1. The van der Waals surface area contributed by atoms with Crippen molar-refractivity contribution in [2.24, 2.45) is 16.7 Å². The van der Waals surface area contributed by atoms with E-state index in [0.29, 0.717) is 12.0 Å². The molecule has 0 saturated heterocycles. The second-order valence-corrected chi connectivity index (χ2v) is 7.46. The molecular weight excluding hydrogens is 266 g/mol. The number of esters is 1. The van der Waals surface area contributed by atoms with E-state index >= 15 is 0 Å². The molecule has 0 spiro atoms. The summed E-state index contributed by atoms with van der Waals surface area (Å²) in [5.74, 6) is 0.531. The van der Waals surface area contributed by atoms with Crippen LogP contribution in [0.3, 0.4) is 0 Å². The van der Waals surface area contributed by atoms with Gasteiger partial charge in [0.1, 0.15) is 6.04 Å². The zero-order chi connectivity index (χ0) is 15.7. The normalized spacial score (nSPS) is 34.9. The Balaban J connectivity index is 1.94. The minimum Gasteiger partial charge on any atom is -0.468 e. The highest BCUT2D eigenvalue weighted by molar-refractivity contribution is 5.75. The van der Waals surface area contributed by atoms with Gasteiger partial charge in [0.2, 0.25) is 0 Å². The molecule has 0 aromatic carbocycles. The van der Waals surface area contributed by atoms with Crippen molar-refractivity contribution >= 4 is 5.97 Å². The van der Waals surface area contributed by atoms with Gasteiger partial charge in [-0.05, 0) is 49.0 Å². The molecule has 2 bridgehead atoms. The van der Waals surface area contributed by atoms with E-state index in [-0.39, 0.29) is 23.5 Å². The van der Waals surface area contributed by atoms with E-state index in [0.717, 1.165) is 25.3 Å². The Bertz CT molecular complexity index is 382. The molecule has 0 aromatic heterocycles. The van der Waals surface area contributed by atoms with Crippen LogP contribution in [0.4, 0.5) is 0 Å². The molecule has 4 unspecified atom stereocenters. The number of hydrogen-bond donors (Lipinski definition) is 1. The van der Waals surface area contributed by atoms with Gasteiger partial charge < -0.3 is 14.8 Å². The molecule has 2 saturated carbocycles. The number of rotatable bonds is 7. The highest BCUT2D eigenvalue weighted by atomic mass is 16.5. The van der Waals surface area contributed by atoms with Gasteiger partial charge in [-0.2, -0.15) is 0 Å². The number of carbonyl (C=O) groups is 1. The Morgan fingerprint density at radius 1 is 1.38 bits per heavy atom. The molecule has 0 heterocycles. The summed E-state index contributed by atoms with van der Waals surface area (Å²) < 4.78 is 11.1. The molecule has 1 N–H and O–H groups in total. The van der Waals surface area contributed by atoms with E-state index in [2.05, 4.69) is 33.0 Å². The second-order valence-electron chi connectivity index (χ2n) is 7.46. The first-order chi connectivity index (χ1) is 9.86. The van der Waals surface area contributed by atoms with Crippen molar-refractivity contribution in [2.45, 2.75) is 65.5 Å². The number of hydrogen-bond acceptors (Lipinski definition) is 4. The van der Waals surface area contributed by atoms with Crippen LogP contribution in [0, 0.1) is 16.7 Å². The predicted octanol–water partition coefficient (Wildman–Crippen LogP) is 2.76. The van der Waals surface area contributed by atoms with Crippen molar-refractivity contribution in [3.8, 4) is 0 Å². The molecule has 0 amide bonds. The molecule has 2 aliphatic rings. The topological polar surface area (TPSA) is 47.6 Å². The predicted molar refractivity (Wildman–Crippen MR) is 83.1 cm³/mol. The number of nitrogens with one attached hydrogen (secondary N) is 1. The molecule has 0 aliphatic heterocycles. The van der Waals surface area contributed by atoms with Gasteiger partial charge in [-0.25, -0.2) is 0 Å². The van der Waals surface area contributed by atoms with Gasteiger partial charge in [0.05, 0.1) is 19.8 Å². The van der Waals surface area contributed by atoms with Gasteiger partial charge in [-0.1, -0.05) is 27.7 Å². The Labute approximate surface area is 129 Å². The molecule has 0 radical (unpaired) electrons. The van der Waals surface area contributed by atoms with Crippen LogP contribution in [-0.2, 0) is 14.3 Å². The molecular formula is C17H31NO3. The smallest absolute Gasteiger partial charge is 0.325 e. The van der Waals surface area contributed by atoms with Crippen LogP contribution in [0.25, 0.3) is 0 Å². The maximum Gasteiger partial charge on any atom is 0.325 e. The fourth-order valence-corrected chi connectivity index (χ4v) is 4.27. The first-order valence-corrected chi connectivity index (χ1v) is 8.29. The zero-order valence-electron chi connectivity index (χ0n) is 14.2. The minimum atomic E-state index is -0.346. The third kappa shape index (κ3) is 2.85. The SMILES string of the molecule is CCCNC(COC1CC2CCC1(C)C2(C)C)C(=O)OC. The first-order valence-electron chi connectivity index (χ1n) is 8.29. The van der Waals surface area contributed by atoms with Crippen molar-refractivity contribution in [3.05, 3.63) is 0 Å². The molecule has 4 atom stereocenters. The number of fused-ring (bicyclic) bond motifs is 2. The second kappa shape index (κ2) is 6.25. The highest BCUT2D eigenvalue weighted by Crippen LogP contribution is 2.66. The molecule has 122 valence electrons. The van der Waals surface area contributed by atoms with Crippen molar-refractivity contribution in [2.75, 3.05) is 20.3 Å². The third-order valence-electron chi connectivity index (χ3n) is 6.30. The molecule has 0 aromatic rings. The van der Waals surface area contributed by atoms with E-state index in [4.69, 9.17) is 9.47 Å². The minimum absolute atomic E-state index is 0.226. The number of methoxy groups -OCH3 is 1. The average Bonchev–Trinajstić information content (AvgIpc) is 2.79. The Morgan fingerprint density at radius 2 is 2.10 bits per heavy atom. The molecule has 2 rings (SSSR count). The van der Waals surface area contributed by atoms with Crippen LogP contribution < -0.4 is 5.32 Å². The zero-order valence-corrected chi connectivity index (χ0v) is 14.2. The quantitative estimate of drug-likeness (QED) is 0.734. The largest absolute Gasteiger partial charge is 0.468 e. The maximum absolute atomic E-state index is 11.8. The van der Waals surface area contributed by atoms with Gasteiger partial charge in [-0.15, -0.1) is 0 Å². The van der Waals surface area contributed by atoms with Crippen molar-refractivity contribution in [1.82, 2.24) is 5.32 Å². The summed E-state index contributed by atoms with van der Waals surface area (Å²) >= 11 is 0. The van der Waals surface area contributed by atoms with Crippen LogP contribution in [0.5, 0.6) is 0 Å². The Kier molecular flexibility index (Phi) is 4.99. The third-order valence-corrected chi connectivity index (χ3v) is 6.30. The number of ether oxygens (including phenoxy) is 2. The van der Waals surface area contributed by atoms with Crippen LogP contribution in [0.1, 0.15) is 53.4 Å². The standard InChI is InChI=1S/C17H31NO3/c1-6-9-18-13(15(19)20-5)11-21-14-10-12-7-8-17(14,4)16(12,2)3/h12-14,18H,6-11H2,1-5H3. The van der Waals surface area contributed by atoms with Crippen LogP contribution in [0.2, 0.25) is 0 Å². The van der Waals surface area contributed by atoms with Gasteiger partial charge in [-0.3, -0.25) is 4.79 Å². The molecule has 2 aliphatic carbocycles. The highest BCUT2D eigenvalue weighted by Gasteiger charge is 2.61. The monoisotopic (exact) mass is 297 g/mol. The van der Waals surface area contributed by atoms with Gasteiger partial charge in [0, 0.05) is 0 Å². The molecule has 4 heteroatoms. The summed E-state index contributed by atoms with van der Waals surface area (Å²) in [6, 6.07) is -0.346. The van der Waals surface area contributed by atoms with Crippen LogP contribution >= 0.6 is 0 Å². The van der Waals surface area contributed by atoms with E-state index < -0.39 is 0 Å². The van der Waals surface area contributed by atoms with Crippen LogP contribution in [0.15, 0.2) is 0 Å². The van der Waals surface area contributed by atoms with E-state index in [9.17, 15) is 4.79 Å². The van der Waals surface area contributed by atoms with Crippen LogP contribution in [-0.4, -0.2) is 38.4 Å². The summed E-state index contributed by atoms with van der Waals surface area (Å²) in [7, 11) is 1.44. The van der Waals surface area contributed by atoms with Crippen molar-refractivity contribution < 1.29 is 14.3 Å². The van der Waals surface area contributed by atoms with E-state index in [1.807, 2.05) is 0 Å². The summed E-state index contributed by atoms with van der Waals surface area (Å²) in [6.45, 7) is 10.4. The van der Waals surface area contributed by atoms with E-state index in [1.165, 1.54) is 20.0 Å². The van der Waals surface area contributed by atoms with Crippen molar-refractivity contribution in [3.63, 3.8) is 0 Å². The van der Waals surface area contributed by atoms with Gasteiger partial charge in [0.25, 0.3) is 0 Å². The molecule has 2 fully saturated rings. The van der Waals surface area contributed by atoms with Gasteiger partial charge >= 0.3 is 5.97 Å². The van der Waals surface area contributed by atoms with Crippen molar-refractivity contribution in [1.29, 1.82) is 0 Å². The average molecular weight is 297 g/mol. The lowest BCUT2D eigenvalue weighted by Gasteiger charge is -2.39. The fourth-order valence-electron chi connectivity index (χ4n) is 4.27. The molecule has 21 heavy (non-hydrogen) atoms. The Hall–Kier alpha value is -0.610. The lowest BCUT2D eigenvalue weighted by Crippen LogP contribution is -2.45. The summed E-state index contributed by atoms with van der Waals surface area (Å²) in [4.78, 5) is 11.8. The Morgan fingerprint density at radius 3 is 2.57 bits per heavy atom. The molecule has 4 nitrogen and oxygen atoms in total. The summed E-state index contributed by atoms with van der Waals surface area (Å²) in [5.41, 5.74) is 0.582. The lowest BCUT2D eigenvalue weighted by molar-refractivity contribution is -0.146. The summed E-state index contributed by atoms with van der Waals surface area (Å²) in [6.07, 6.45) is 4.94. The lowest BCUT2D eigenvalue weighted by atomic mass is 9.70. The summed E-state index contributed by atoms with van der Waals surface area (Å²) in [5, 5.41) is 3.22. The van der Waals surface area contributed by atoms with Gasteiger partial charge in [0.15, 0.2) is 0 Å². The van der Waals surface area contributed by atoms with E-state index in [1.54, 1.807) is 0 Å².